The molecule has 22 nitrogen and oxygen atoms in total. The van der Waals surface area contributed by atoms with Crippen LogP contribution in [-0.4, -0.2) is 124 Å². The summed E-state index contributed by atoms with van der Waals surface area (Å²) in [7, 11) is 0. The number of carbonyl (C=O) groups is 4. The summed E-state index contributed by atoms with van der Waals surface area (Å²) in [6.45, 7) is 18.0. The maximum atomic E-state index is 14.3. The summed E-state index contributed by atoms with van der Waals surface area (Å²) in [5.74, 6) is 0.919. The molecule has 5 aliphatic rings. The van der Waals surface area contributed by atoms with Gasteiger partial charge in [-0.1, -0.05) is 11.6 Å². The molecular weight excluding hydrogens is 1180 g/mol. The number of nitrogens with one attached hydrogen (secondary N) is 6. The minimum atomic E-state index is -0.666. The van der Waals surface area contributed by atoms with Crippen molar-refractivity contribution in [1.29, 1.82) is 0 Å². The second-order valence-corrected chi connectivity index (χ2v) is 24.1. The van der Waals surface area contributed by atoms with Gasteiger partial charge in [0.2, 0.25) is 28.3 Å². The van der Waals surface area contributed by atoms with Crippen LogP contribution in [0.25, 0.3) is 0 Å². The van der Waals surface area contributed by atoms with Crippen molar-refractivity contribution in [2.75, 3.05) is 90.4 Å². The highest BCUT2D eigenvalue weighted by molar-refractivity contribution is 6.31. The van der Waals surface area contributed by atoms with Crippen molar-refractivity contribution >= 4 is 99.1 Å². The fourth-order valence-corrected chi connectivity index (χ4v) is 9.85. The van der Waals surface area contributed by atoms with Gasteiger partial charge in [0, 0.05) is 74.9 Å². The summed E-state index contributed by atoms with van der Waals surface area (Å²) in [6, 6.07) is 11.2. The number of rotatable bonds is 9. The Morgan fingerprint density at radius 1 is 0.628 bits per heavy atom. The van der Waals surface area contributed by atoms with Gasteiger partial charge in [0.05, 0.1) is 18.6 Å². The smallest absolute Gasteiger partial charge is 0.407 e. The monoisotopic (exact) mass is 1260 g/mol. The van der Waals surface area contributed by atoms with Crippen LogP contribution in [0.2, 0.25) is 15.7 Å². The largest absolute Gasteiger partial charge is 0.444 e. The topological polar surface area (TPSA) is 295 Å². The van der Waals surface area contributed by atoms with Crippen molar-refractivity contribution in [2.24, 2.45) is 23.5 Å². The van der Waals surface area contributed by atoms with E-state index in [1.807, 2.05) is 81.7 Å². The lowest BCUT2D eigenvalue weighted by atomic mass is 9.97. The van der Waals surface area contributed by atoms with Crippen LogP contribution in [0.15, 0.2) is 55.0 Å². The number of nitrogens with zero attached hydrogens (tertiary/aromatic N) is 8. The van der Waals surface area contributed by atoms with E-state index in [0.29, 0.717) is 75.0 Å². The van der Waals surface area contributed by atoms with Crippen LogP contribution >= 0.6 is 34.8 Å². The van der Waals surface area contributed by atoms with Crippen molar-refractivity contribution in [1.82, 2.24) is 45.9 Å². The van der Waals surface area contributed by atoms with Gasteiger partial charge in [0.15, 0.2) is 34.2 Å². The SMILES string of the molecule is CC(C)(C)OC(=O)NCC1CCN(c2nc(Cl)ncc2F)CC1.CC(C)(C)OC(=O)NCC1CCNCC1.Fc1cnc(Cl)nc1Cl.NCC1CCN(c2nc(Nc3ccc4c(c3)CCC(=O)N4)ncc2F)CC1.Nc1ccc2c(c1)CCC(=O)N2. The number of alkyl carbamates (subject to hydrolysis) is 2. The van der Waals surface area contributed by atoms with Gasteiger partial charge >= 0.3 is 12.2 Å². The van der Waals surface area contributed by atoms with Gasteiger partial charge in [-0.05, 0) is 201 Å². The van der Waals surface area contributed by atoms with E-state index in [-0.39, 0.29) is 39.4 Å². The first kappa shape index (κ1) is 68.1. The van der Waals surface area contributed by atoms with Crippen LogP contribution in [0.3, 0.4) is 0 Å². The summed E-state index contributed by atoms with van der Waals surface area (Å²) < 4.78 is 50.6. The van der Waals surface area contributed by atoms with Crippen LogP contribution in [0.5, 0.6) is 0 Å². The fourth-order valence-electron chi connectivity index (χ4n) is 9.42. The number of ether oxygens (including phenoxy) is 2. The first-order valence-electron chi connectivity index (χ1n) is 28.6. The highest BCUT2D eigenvalue weighted by Crippen LogP contribution is 2.30. The van der Waals surface area contributed by atoms with Crippen LogP contribution in [0, 0.1) is 35.2 Å². The molecular formula is C58H78Cl3F3N16O6. The predicted molar refractivity (Wildman–Crippen MR) is 328 cm³/mol. The molecule has 0 spiro atoms. The van der Waals surface area contributed by atoms with Gasteiger partial charge in [0.25, 0.3) is 0 Å². The third-order valence-corrected chi connectivity index (χ3v) is 14.5. The van der Waals surface area contributed by atoms with Gasteiger partial charge in [-0.15, -0.1) is 0 Å². The highest BCUT2D eigenvalue weighted by Gasteiger charge is 2.26. The molecule has 0 unspecified atom stereocenters. The zero-order chi connectivity index (χ0) is 62.6. The summed E-state index contributed by atoms with van der Waals surface area (Å²) in [4.78, 5) is 71.9. The maximum Gasteiger partial charge on any atom is 0.407 e. The second kappa shape index (κ2) is 32.6. The van der Waals surface area contributed by atoms with Gasteiger partial charge in [-0.3, -0.25) is 9.59 Å². The third-order valence-electron chi connectivity index (χ3n) is 13.9. The molecule has 3 aromatic heterocycles. The number of carbonyl (C=O) groups excluding carboxylic acids is 4. The van der Waals surface area contributed by atoms with E-state index in [4.69, 9.17) is 55.7 Å². The molecule has 86 heavy (non-hydrogen) atoms. The van der Waals surface area contributed by atoms with Gasteiger partial charge in [-0.25, -0.2) is 42.7 Å². The standard InChI is InChI=1S/C19H23FN6O.C15H22ClFN4O2.C11H22N2O2.C9H10N2O.C4HCl2FN2/c20-15-11-22-19(25-18(15)26-7-5-12(10-21)6-8-26)23-14-2-3-16-13(9-14)1-4-17(27)24-16;1-15(2,3)23-14(22)19-8-10-4-6-21(7-5-10)12-11(17)9-18-13(16)20-12;1-11(2,3)15-10(14)13-8-9-4-6-12-7-5-9;10-7-2-3-8-6(5-7)1-4-9(12)11-8;5-3-2(7)1-8-4(6)9-3/h2-3,9,11-12H,1,4-8,10,21H2,(H,24,27)(H,22,23,25);9-10H,4-8H2,1-3H3,(H,19,22);9,12H,4-8H2,1-3H3,(H,13,14);2-3,5H,1,4,10H2,(H,11,12);1H. The van der Waals surface area contributed by atoms with Gasteiger partial charge in [-0.2, -0.15) is 9.97 Å². The number of nitrogens with two attached hydrogens (primary N) is 2. The predicted octanol–water partition coefficient (Wildman–Crippen LogP) is 10.0. The van der Waals surface area contributed by atoms with Crippen molar-refractivity contribution in [3.63, 3.8) is 0 Å². The second-order valence-electron chi connectivity index (χ2n) is 23.0. The summed E-state index contributed by atoms with van der Waals surface area (Å²) in [5.41, 5.74) is 15.9. The molecule has 10 N–H and O–H groups in total. The van der Waals surface area contributed by atoms with E-state index in [1.54, 1.807) is 6.07 Å². The number of aromatic nitrogens is 6. The highest BCUT2D eigenvalue weighted by atomic mass is 35.5. The summed E-state index contributed by atoms with van der Waals surface area (Å²) in [6.07, 6.45) is 10.8. The molecule has 5 aromatic rings. The van der Waals surface area contributed by atoms with Crippen LogP contribution in [0.1, 0.15) is 104 Å². The Hall–Kier alpha value is -7.06. The van der Waals surface area contributed by atoms with Crippen LogP contribution in [-0.2, 0) is 31.9 Å². The average Bonchev–Trinajstić information content (AvgIpc) is 2.41. The molecule has 8 heterocycles. The molecule has 28 heteroatoms. The zero-order valence-electron chi connectivity index (χ0n) is 49.3. The van der Waals surface area contributed by atoms with E-state index >= 15 is 0 Å². The average molecular weight is 1260 g/mol. The van der Waals surface area contributed by atoms with Crippen molar-refractivity contribution in [3.8, 4) is 0 Å². The number of hydrogen-bond donors (Lipinski definition) is 8. The van der Waals surface area contributed by atoms with Crippen LogP contribution in [0.4, 0.5) is 63.1 Å². The third kappa shape index (κ3) is 23.3. The number of anilines is 7. The summed E-state index contributed by atoms with van der Waals surface area (Å²) >= 11 is 16.2. The first-order valence-corrected chi connectivity index (χ1v) is 29.7. The molecule has 468 valence electrons. The molecule has 0 bridgehead atoms. The van der Waals surface area contributed by atoms with E-state index in [1.165, 1.54) is 6.20 Å². The van der Waals surface area contributed by atoms with Gasteiger partial charge in [0.1, 0.15) is 11.2 Å². The minimum Gasteiger partial charge on any atom is -0.444 e. The van der Waals surface area contributed by atoms with E-state index < -0.39 is 34.7 Å². The molecule has 0 aliphatic carbocycles. The van der Waals surface area contributed by atoms with Crippen molar-refractivity contribution in [3.05, 3.63) is 99.3 Å². The minimum absolute atomic E-state index is 0.0353. The molecule has 0 atom stereocenters. The lowest BCUT2D eigenvalue weighted by molar-refractivity contribution is -0.117. The molecule has 10 rings (SSSR count). The van der Waals surface area contributed by atoms with Gasteiger partial charge < -0.3 is 62.6 Å². The Morgan fingerprint density at radius 3 is 1.60 bits per heavy atom. The van der Waals surface area contributed by atoms with Crippen molar-refractivity contribution in [2.45, 2.75) is 117 Å². The number of fused-ring (bicyclic) bond motifs is 2. The van der Waals surface area contributed by atoms with E-state index in [9.17, 15) is 32.3 Å². The van der Waals surface area contributed by atoms with Crippen LogP contribution < -0.4 is 53.2 Å². The lowest BCUT2D eigenvalue weighted by Gasteiger charge is -2.33. The number of amides is 4. The number of hydrogen-bond acceptors (Lipinski definition) is 18. The molecule has 0 radical (unpaired) electrons. The molecule has 3 fully saturated rings. The van der Waals surface area contributed by atoms with Crippen molar-refractivity contribution < 1.29 is 41.8 Å². The number of nitrogen functional groups attached to an aromatic ring is 1. The Bertz CT molecular complexity index is 3070. The molecule has 4 amide bonds. The molecule has 0 saturated carbocycles. The Labute approximate surface area is 514 Å². The Morgan fingerprint density at radius 2 is 1.09 bits per heavy atom. The molecule has 5 aliphatic heterocycles. The Balaban J connectivity index is 0.000000181. The number of halogens is 6. The lowest BCUT2D eigenvalue weighted by Crippen LogP contribution is -2.40. The zero-order valence-corrected chi connectivity index (χ0v) is 51.6. The molecule has 2 aromatic carbocycles. The summed E-state index contributed by atoms with van der Waals surface area (Å²) in [5, 5.41) is 17.4. The number of piperidine rings is 3. The first-order chi connectivity index (χ1) is 40.8. The Kier molecular flexibility index (Phi) is 25.8. The number of benzene rings is 2. The van der Waals surface area contributed by atoms with E-state index in [0.717, 1.165) is 124 Å². The van der Waals surface area contributed by atoms with E-state index in [2.05, 4.69) is 61.8 Å². The molecule has 3 saturated heterocycles. The quantitative estimate of drug-likeness (QED) is 0.0387. The maximum absolute atomic E-state index is 14.3. The number of aryl methyl sites for hydroxylation is 2. The normalized spacial score (nSPS) is 16.2. The fraction of sp³-hybridized carbons (Fsp3) is 0.517.